The zero-order valence-corrected chi connectivity index (χ0v) is 10.3. The van der Waals surface area contributed by atoms with Crippen LogP contribution in [0.25, 0.3) is 0 Å². The summed E-state index contributed by atoms with van der Waals surface area (Å²) in [6.45, 7) is 3.75. The van der Waals surface area contributed by atoms with Gasteiger partial charge < -0.3 is 10.3 Å². The summed E-state index contributed by atoms with van der Waals surface area (Å²) in [6, 6.07) is 4.65. The van der Waals surface area contributed by atoms with Crippen LogP contribution < -0.4 is 5.73 Å². The Balaban J connectivity index is 2.33. The molecule has 0 radical (unpaired) electrons. The van der Waals surface area contributed by atoms with Crippen LogP contribution >= 0.6 is 0 Å². The first-order valence-corrected chi connectivity index (χ1v) is 5.52. The van der Waals surface area contributed by atoms with Crippen LogP contribution in [0.5, 0.6) is 0 Å². The van der Waals surface area contributed by atoms with Crippen LogP contribution in [0.4, 0.5) is 13.2 Å². The lowest BCUT2D eigenvalue weighted by Crippen LogP contribution is -2.15. The highest BCUT2D eigenvalue weighted by Crippen LogP contribution is 2.29. The highest BCUT2D eigenvalue weighted by Gasteiger charge is 2.39. The molecule has 19 heavy (non-hydrogen) atoms. The van der Waals surface area contributed by atoms with E-state index in [1.807, 2.05) is 19.9 Å². The van der Waals surface area contributed by atoms with E-state index in [1.165, 1.54) is 0 Å². The van der Waals surface area contributed by atoms with Gasteiger partial charge in [0.25, 0.3) is 0 Å². The number of nitrogens with zero attached hydrogens (tertiary/aromatic N) is 2. The van der Waals surface area contributed by atoms with Crippen LogP contribution in [0, 0.1) is 13.8 Å². The largest absolute Gasteiger partial charge is 0.471 e. The summed E-state index contributed by atoms with van der Waals surface area (Å²) in [4.78, 5) is 3.29. The lowest BCUT2D eigenvalue weighted by molar-refractivity contribution is -0.159. The molecule has 0 fully saturated rings. The summed E-state index contributed by atoms with van der Waals surface area (Å²) in [6.07, 6.45) is -4.66. The lowest BCUT2D eigenvalue weighted by Gasteiger charge is -2.09. The Morgan fingerprint density at radius 3 is 2.21 bits per heavy atom. The highest BCUT2D eigenvalue weighted by atomic mass is 19.4. The molecule has 102 valence electrons. The number of nitrogens with two attached hydrogens (primary N) is 1. The molecule has 7 heteroatoms. The Bertz CT molecular complexity index is 572. The molecular formula is C12H12F3N3O. The third kappa shape index (κ3) is 2.93. The molecule has 1 heterocycles. The van der Waals surface area contributed by atoms with E-state index in [0.29, 0.717) is 5.56 Å². The van der Waals surface area contributed by atoms with Gasteiger partial charge in [-0.1, -0.05) is 34.5 Å². The molecule has 0 bridgehead atoms. The molecular weight excluding hydrogens is 259 g/mol. The van der Waals surface area contributed by atoms with E-state index in [1.54, 1.807) is 12.1 Å². The molecule has 1 aromatic carbocycles. The molecule has 1 unspecified atom stereocenters. The van der Waals surface area contributed by atoms with Crippen molar-refractivity contribution in [3.05, 3.63) is 46.6 Å². The number of aromatic nitrogens is 2. The Kier molecular flexibility index (Phi) is 3.32. The minimum absolute atomic E-state index is 0.183. The minimum atomic E-state index is -4.66. The van der Waals surface area contributed by atoms with Crippen molar-refractivity contribution in [2.45, 2.75) is 26.1 Å². The first-order valence-electron chi connectivity index (χ1n) is 5.52. The van der Waals surface area contributed by atoms with Crippen molar-refractivity contribution in [1.82, 2.24) is 10.1 Å². The highest BCUT2D eigenvalue weighted by molar-refractivity contribution is 5.33. The first kappa shape index (κ1) is 13.5. The predicted molar refractivity (Wildman–Crippen MR) is 61.2 cm³/mol. The van der Waals surface area contributed by atoms with Crippen LogP contribution in [-0.4, -0.2) is 10.1 Å². The van der Waals surface area contributed by atoms with Gasteiger partial charge in [-0.05, 0) is 19.4 Å². The summed E-state index contributed by atoms with van der Waals surface area (Å²) < 4.78 is 41.2. The van der Waals surface area contributed by atoms with Crippen molar-refractivity contribution in [1.29, 1.82) is 0 Å². The number of alkyl halides is 3. The van der Waals surface area contributed by atoms with E-state index < -0.39 is 18.1 Å². The van der Waals surface area contributed by atoms with Gasteiger partial charge in [0.05, 0.1) is 6.04 Å². The number of hydrogen-bond acceptors (Lipinski definition) is 4. The summed E-state index contributed by atoms with van der Waals surface area (Å²) in [5, 5.41) is 3.29. The summed E-state index contributed by atoms with van der Waals surface area (Å²) in [5.41, 5.74) is 8.43. The lowest BCUT2D eigenvalue weighted by atomic mass is 10.0. The van der Waals surface area contributed by atoms with E-state index in [0.717, 1.165) is 11.1 Å². The van der Waals surface area contributed by atoms with Crippen molar-refractivity contribution in [3.63, 3.8) is 0 Å². The molecule has 2 rings (SSSR count). The van der Waals surface area contributed by atoms with Gasteiger partial charge in [0.1, 0.15) is 0 Å². The molecule has 0 aliphatic heterocycles. The maximum absolute atomic E-state index is 12.4. The molecule has 0 aliphatic rings. The van der Waals surface area contributed by atoms with E-state index >= 15 is 0 Å². The average molecular weight is 271 g/mol. The normalized spacial score (nSPS) is 13.6. The number of aryl methyl sites for hydroxylation is 2. The smallest absolute Gasteiger partial charge is 0.329 e. The van der Waals surface area contributed by atoms with Crippen LogP contribution in [0.3, 0.4) is 0 Å². The zero-order chi connectivity index (χ0) is 14.2. The Hall–Kier alpha value is -1.89. The van der Waals surface area contributed by atoms with Crippen LogP contribution in [0.15, 0.2) is 22.7 Å². The SMILES string of the molecule is Cc1cc(C)cc(C(N)c2noc(C(F)(F)F)n2)c1. The molecule has 0 saturated heterocycles. The molecule has 0 spiro atoms. The van der Waals surface area contributed by atoms with Crippen LogP contribution in [-0.2, 0) is 6.18 Å². The quantitative estimate of drug-likeness (QED) is 0.912. The van der Waals surface area contributed by atoms with Crippen molar-refractivity contribution in [2.75, 3.05) is 0 Å². The Labute approximate surface area is 107 Å². The van der Waals surface area contributed by atoms with Gasteiger partial charge in [0.2, 0.25) is 0 Å². The molecule has 0 saturated carbocycles. The molecule has 2 aromatic rings. The van der Waals surface area contributed by atoms with E-state index in [2.05, 4.69) is 14.7 Å². The number of halogens is 3. The number of benzene rings is 1. The van der Waals surface area contributed by atoms with Crippen LogP contribution in [0.1, 0.15) is 34.4 Å². The molecule has 4 nitrogen and oxygen atoms in total. The average Bonchev–Trinajstić information content (AvgIpc) is 2.75. The van der Waals surface area contributed by atoms with Crippen molar-refractivity contribution in [3.8, 4) is 0 Å². The zero-order valence-electron chi connectivity index (χ0n) is 10.3. The van der Waals surface area contributed by atoms with Crippen LogP contribution in [0.2, 0.25) is 0 Å². The second-order valence-electron chi connectivity index (χ2n) is 4.35. The topological polar surface area (TPSA) is 64.9 Å². The maximum atomic E-state index is 12.4. The molecule has 1 aromatic heterocycles. The monoisotopic (exact) mass is 271 g/mol. The van der Waals surface area contributed by atoms with Crippen molar-refractivity contribution in [2.24, 2.45) is 5.73 Å². The molecule has 2 N–H and O–H groups in total. The Morgan fingerprint density at radius 1 is 1.16 bits per heavy atom. The molecule has 0 aliphatic carbocycles. The maximum Gasteiger partial charge on any atom is 0.471 e. The van der Waals surface area contributed by atoms with Gasteiger partial charge >= 0.3 is 12.1 Å². The fourth-order valence-corrected chi connectivity index (χ4v) is 1.81. The van der Waals surface area contributed by atoms with Gasteiger partial charge in [0.15, 0.2) is 5.82 Å². The fraction of sp³-hybridized carbons (Fsp3) is 0.333. The standard InChI is InChI=1S/C12H12F3N3O/c1-6-3-7(2)5-8(4-6)9(16)10-17-11(19-18-10)12(13,14)15/h3-5,9H,16H2,1-2H3. The number of rotatable bonds is 2. The second kappa shape index (κ2) is 4.65. The minimum Gasteiger partial charge on any atom is -0.329 e. The fourth-order valence-electron chi connectivity index (χ4n) is 1.81. The van der Waals surface area contributed by atoms with Gasteiger partial charge in [-0.15, -0.1) is 0 Å². The molecule has 1 atom stereocenters. The molecule has 0 amide bonds. The third-order valence-electron chi connectivity index (χ3n) is 2.57. The van der Waals surface area contributed by atoms with E-state index in [-0.39, 0.29) is 5.82 Å². The summed E-state index contributed by atoms with van der Waals surface area (Å²) in [5.74, 6) is -1.57. The van der Waals surface area contributed by atoms with Crippen molar-refractivity contribution >= 4 is 0 Å². The first-order chi connectivity index (χ1) is 8.77. The van der Waals surface area contributed by atoms with E-state index in [4.69, 9.17) is 5.73 Å². The predicted octanol–water partition coefficient (Wildman–Crippen LogP) is 2.75. The van der Waals surface area contributed by atoms with E-state index in [9.17, 15) is 13.2 Å². The van der Waals surface area contributed by atoms with Crippen molar-refractivity contribution < 1.29 is 17.7 Å². The van der Waals surface area contributed by atoms with Gasteiger partial charge in [-0.25, -0.2) is 0 Å². The van der Waals surface area contributed by atoms with Gasteiger partial charge in [0, 0.05) is 0 Å². The summed E-state index contributed by atoms with van der Waals surface area (Å²) in [7, 11) is 0. The van der Waals surface area contributed by atoms with Gasteiger partial charge in [-0.3, -0.25) is 0 Å². The second-order valence-corrected chi connectivity index (χ2v) is 4.35. The third-order valence-corrected chi connectivity index (χ3v) is 2.57. The number of hydrogen-bond donors (Lipinski definition) is 1. The summed E-state index contributed by atoms with van der Waals surface area (Å²) >= 11 is 0. The Morgan fingerprint density at radius 2 is 1.74 bits per heavy atom. The van der Waals surface area contributed by atoms with Gasteiger partial charge in [-0.2, -0.15) is 18.2 Å².